The molecule has 1 aromatic heterocycles. The van der Waals surface area contributed by atoms with E-state index in [1.165, 1.54) is 0 Å². The molecule has 0 N–H and O–H groups in total. The minimum atomic E-state index is 0.285. The van der Waals surface area contributed by atoms with Gasteiger partial charge in [0.1, 0.15) is 5.82 Å². The van der Waals surface area contributed by atoms with Crippen molar-refractivity contribution >= 4 is 33.3 Å². The molecule has 0 amide bonds. The first kappa shape index (κ1) is 10.8. The van der Waals surface area contributed by atoms with E-state index in [0.29, 0.717) is 5.88 Å². The van der Waals surface area contributed by atoms with Gasteiger partial charge in [-0.2, -0.15) is 0 Å². The fraction of sp³-hybridized carbons (Fsp3) is 0.444. The van der Waals surface area contributed by atoms with Crippen molar-refractivity contribution in [1.82, 2.24) is 4.98 Å². The highest BCUT2D eigenvalue weighted by Gasteiger charge is 2.11. The first-order valence-corrected chi connectivity index (χ1v) is 5.39. The van der Waals surface area contributed by atoms with Crippen LogP contribution in [0, 0.1) is 0 Å². The summed E-state index contributed by atoms with van der Waals surface area (Å²) in [6.45, 7) is 2.06. The van der Waals surface area contributed by atoms with Crippen LogP contribution < -0.4 is 4.90 Å². The van der Waals surface area contributed by atoms with Crippen molar-refractivity contribution in [3.05, 3.63) is 22.8 Å². The summed E-state index contributed by atoms with van der Waals surface area (Å²) in [5.41, 5.74) is 0. The largest absolute Gasteiger partial charge is 0.355 e. The maximum absolute atomic E-state index is 5.76. The number of aromatic nitrogens is 1. The number of hydrogen-bond donors (Lipinski definition) is 0. The number of halogens is 2. The van der Waals surface area contributed by atoms with Crippen LogP contribution in [0.1, 0.15) is 6.92 Å². The van der Waals surface area contributed by atoms with Gasteiger partial charge in [-0.3, -0.25) is 0 Å². The number of nitrogens with zero attached hydrogens (tertiary/aromatic N) is 2. The third-order valence-corrected chi connectivity index (χ3v) is 3.02. The monoisotopic (exact) mass is 262 g/mol. The Morgan fingerprint density at radius 3 is 2.92 bits per heavy atom. The predicted octanol–water partition coefficient (Wildman–Crippen LogP) is 2.91. The first-order valence-electron chi connectivity index (χ1n) is 4.06. The van der Waals surface area contributed by atoms with Crippen LogP contribution in [0.15, 0.2) is 22.8 Å². The average molecular weight is 264 g/mol. The summed E-state index contributed by atoms with van der Waals surface area (Å²) < 4.78 is 0.995. The maximum atomic E-state index is 5.76. The summed E-state index contributed by atoms with van der Waals surface area (Å²) in [5, 5.41) is 0. The van der Waals surface area contributed by atoms with Crippen molar-refractivity contribution in [3.8, 4) is 0 Å². The SMILES string of the molecule is CC(CCl)N(C)c1ncccc1Br. The molecule has 1 aromatic rings. The molecule has 0 aliphatic rings. The van der Waals surface area contributed by atoms with Gasteiger partial charge in [-0.1, -0.05) is 0 Å². The van der Waals surface area contributed by atoms with E-state index in [1.54, 1.807) is 6.20 Å². The Bertz CT molecular complexity index is 280. The molecule has 0 aliphatic heterocycles. The van der Waals surface area contributed by atoms with Gasteiger partial charge in [0, 0.05) is 25.2 Å². The molecule has 1 rings (SSSR count). The molecule has 72 valence electrons. The van der Waals surface area contributed by atoms with E-state index in [1.807, 2.05) is 19.2 Å². The highest BCUT2D eigenvalue weighted by Crippen LogP contribution is 2.23. The Morgan fingerprint density at radius 2 is 2.38 bits per heavy atom. The first-order chi connectivity index (χ1) is 6.16. The standard InChI is InChI=1S/C9H12BrClN2/c1-7(6-11)13(2)9-8(10)4-3-5-12-9/h3-5,7H,6H2,1-2H3. The quantitative estimate of drug-likeness (QED) is 0.780. The molecule has 0 fully saturated rings. The smallest absolute Gasteiger partial charge is 0.142 e. The molecule has 1 heterocycles. The molecule has 0 saturated heterocycles. The highest BCUT2D eigenvalue weighted by atomic mass is 79.9. The normalized spacial score (nSPS) is 12.6. The van der Waals surface area contributed by atoms with Crippen molar-refractivity contribution in [2.24, 2.45) is 0 Å². The second kappa shape index (κ2) is 4.82. The summed E-state index contributed by atoms with van der Waals surface area (Å²) in [4.78, 5) is 6.32. The minimum Gasteiger partial charge on any atom is -0.355 e. The molecule has 0 aliphatic carbocycles. The number of pyridine rings is 1. The Labute approximate surface area is 92.0 Å². The van der Waals surface area contributed by atoms with E-state index in [2.05, 4.69) is 32.7 Å². The Hall–Kier alpha value is -0.280. The average Bonchev–Trinajstić information content (AvgIpc) is 2.16. The number of anilines is 1. The molecule has 2 nitrogen and oxygen atoms in total. The lowest BCUT2D eigenvalue weighted by Gasteiger charge is -2.24. The zero-order valence-electron chi connectivity index (χ0n) is 7.67. The van der Waals surface area contributed by atoms with Crippen molar-refractivity contribution in [3.63, 3.8) is 0 Å². The lowest BCUT2D eigenvalue weighted by molar-refractivity contribution is 0.747. The van der Waals surface area contributed by atoms with Gasteiger partial charge < -0.3 is 4.90 Å². The van der Waals surface area contributed by atoms with Crippen LogP contribution in [0.4, 0.5) is 5.82 Å². The number of alkyl halides is 1. The summed E-state index contributed by atoms with van der Waals surface area (Å²) >= 11 is 9.21. The van der Waals surface area contributed by atoms with Crippen LogP contribution in [-0.2, 0) is 0 Å². The van der Waals surface area contributed by atoms with Crippen molar-refractivity contribution < 1.29 is 0 Å². The molecular formula is C9H12BrClN2. The molecule has 0 saturated carbocycles. The molecule has 4 heteroatoms. The minimum absolute atomic E-state index is 0.285. The van der Waals surface area contributed by atoms with Crippen LogP contribution >= 0.6 is 27.5 Å². The third kappa shape index (κ3) is 2.58. The van der Waals surface area contributed by atoms with Crippen LogP contribution in [0.25, 0.3) is 0 Å². The highest BCUT2D eigenvalue weighted by molar-refractivity contribution is 9.10. The van der Waals surface area contributed by atoms with E-state index < -0.39 is 0 Å². The summed E-state index contributed by atoms with van der Waals surface area (Å²) in [6, 6.07) is 4.15. The van der Waals surface area contributed by atoms with Gasteiger partial charge in [-0.15, -0.1) is 11.6 Å². The van der Waals surface area contributed by atoms with Gasteiger partial charge in [-0.05, 0) is 35.0 Å². The summed E-state index contributed by atoms with van der Waals surface area (Å²) in [7, 11) is 1.99. The molecule has 0 bridgehead atoms. The number of rotatable bonds is 3. The molecule has 13 heavy (non-hydrogen) atoms. The molecule has 0 aromatic carbocycles. The van der Waals surface area contributed by atoms with Crippen LogP contribution in [-0.4, -0.2) is 24.0 Å². The Balaban J connectivity index is 2.88. The predicted molar refractivity (Wildman–Crippen MR) is 60.5 cm³/mol. The second-order valence-corrected chi connectivity index (χ2v) is 4.09. The zero-order chi connectivity index (χ0) is 9.84. The topological polar surface area (TPSA) is 16.1 Å². The van der Waals surface area contributed by atoms with Crippen LogP contribution in [0.5, 0.6) is 0 Å². The van der Waals surface area contributed by atoms with Crippen LogP contribution in [0.2, 0.25) is 0 Å². The van der Waals surface area contributed by atoms with Gasteiger partial charge in [0.25, 0.3) is 0 Å². The van der Waals surface area contributed by atoms with Crippen molar-refractivity contribution in [1.29, 1.82) is 0 Å². The summed E-state index contributed by atoms with van der Waals surface area (Å²) in [5.74, 6) is 1.52. The van der Waals surface area contributed by atoms with Crippen molar-refractivity contribution in [2.75, 3.05) is 17.8 Å². The van der Waals surface area contributed by atoms with Gasteiger partial charge in [-0.25, -0.2) is 4.98 Å². The lowest BCUT2D eigenvalue weighted by Crippen LogP contribution is -2.31. The molecule has 1 atom stereocenters. The summed E-state index contributed by atoms with van der Waals surface area (Å²) in [6.07, 6.45) is 1.78. The second-order valence-electron chi connectivity index (χ2n) is 2.92. The molecular weight excluding hydrogens is 251 g/mol. The van der Waals surface area contributed by atoms with Gasteiger partial charge in [0.15, 0.2) is 0 Å². The van der Waals surface area contributed by atoms with E-state index in [0.717, 1.165) is 10.3 Å². The molecule has 1 unspecified atom stereocenters. The van der Waals surface area contributed by atoms with Crippen molar-refractivity contribution in [2.45, 2.75) is 13.0 Å². The van der Waals surface area contributed by atoms with E-state index >= 15 is 0 Å². The molecule has 0 radical (unpaired) electrons. The van der Waals surface area contributed by atoms with E-state index in [4.69, 9.17) is 11.6 Å². The maximum Gasteiger partial charge on any atom is 0.142 e. The van der Waals surface area contributed by atoms with Gasteiger partial charge >= 0.3 is 0 Å². The third-order valence-electron chi connectivity index (χ3n) is 1.96. The zero-order valence-corrected chi connectivity index (χ0v) is 10.0. The lowest BCUT2D eigenvalue weighted by atomic mass is 10.3. The van der Waals surface area contributed by atoms with Crippen LogP contribution in [0.3, 0.4) is 0 Å². The fourth-order valence-corrected chi connectivity index (χ4v) is 1.69. The Kier molecular flexibility index (Phi) is 4.00. The molecule has 0 spiro atoms. The van der Waals surface area contributed by atoms with Gasteiger partial charge in [0.2, 0.25) is 0 Å². The number of hydrogen-bond acceptors (Lipinski definition) is 2. The van der Waals surface area contributed by atoms with Gasteiger partial charge in [0.05, 0.1) is 4.47 Å². The fourth-order valence-electron chi connectivity index (χ4n) is 0.949. The van der Waals surface area contributed by atoms with E-state index in [9.17, 15) is 0 Å². The Morgan fingerprint density at radius 1 is 1.69 bits per heavy atom. The van der Waals surface area contributed by atoms with E-state index in [-0.39, 0.29) is 6.04 Å².